The van der Waals surface area contributed by atoms with Gasteiger partial charge in [0.2, 0.25) is 0 Å². The molecule has 304 valence electrons. The van der Waals surface area contributed by atoms with Gasteiger partial charge in [-0.05, 0) is 51.7 Å². The standard InChI is InChI=1S/C39H78N2O9S/c1-3-4-5-6-7-8-9-10-11-14-17-20-25-33(43)35(44)32(31-49-39-38(47)37(46)36(45)34(30-42)50-39)40-51(2,48)29-24-19-16-13-12-15-18-21-26-41-27-22-23-28-41/h32-39,42-47H,3-31H2,1-2H3/t32-,33+,34?,35-,36?,37?,38?,39?,51?/m0/s1. The third-order valence-electron chi connectivity index (χ3n) is 10.7. The van der Waals surface area contributed by atoms with Crippen LogP contribution in [-0.4, -0.2) is 134 Å². The molecule has 0 aromatic heterocycles. The largest absolute Gasteiger partial charge is 0.394 e. The lowest BCUT2D eigenvalue weighted by molar-refractivity contribution is -0.302. The predicted octanol–water partition coefficient (Wildman–Crippen LogP) is 5.30. The van der Waals surface area contributed by atoms with Gasteiger partial charge in [0.1, 0.15) is 36.6 Å². The molecule has 0 radical (unpaired) electrons. The van der Waals surface area contributed by atoms with Crippen LogP contribution < -0.4 is 0 Å². The number of rotatable bonds is 31. The number of unbranched alkanes of at least 4 members (excludes halogenated alkanes) is 18. The molecule has 12 heteroatoms. The Morgan fingerprint density at radius 1 is 0.745 bits per heavy atom. The maximum Gasteiger partial charge on any atom is 0.186 e. The maximum absolute atomic E-state index is 13.6. The molecular weight excluding hydrogens is 673 g/mol. The zero-order valence-corrected chi connectivity index (χ0v) is 33.2. The second-order valence-corrected chi connectivity index (χ2v) is 18.0. The fraction of sp³-hybridized carbons (Fsp3) is 1.00. The quantitative estimate of drug-likeness (QED) is 0.0511. The van der Waals surface area contributed by atoms with Crippen LogP contribution in [0, 0.1) is 0 Å². The van der Waals surface area contributed by atoms with E-state index in [2.05, 4.69) is 16.2 Å². The molecule has 0 saturated carbocycles. The van der Waals surface area contributed by atoms with Crippen molar-refractivity contribution in [2.75, 3.05) is 44.9 Å². The van der Waals surface area contributed by atoms with Gasteiger partial charge >= 0.3 is 0 Å². The van der Waals surface area contributed by atoms with Gasteiger partial charge in [0, 0.05) is 21.7 Å². The minimum absolute atomic E-state index is 0.331. The van der Waals surface area contributed by atoms with Crippen molar-refractivity contribution in [3.05, 3.63) is 0 Å². The van der Waals surface area contributed by atoms with Gasteiger partial charge in [-0.1, -0.05) is 122 Å². The molecule has 2 rings (SSSR count). The Labute approximate surface area is 311 Å². The molecule has 2 aliphatic rings. The van der Waals surface area contributed by atoms with Crippen LogP contribution in [-0.2, 0) is 19.2 Å². The van der Waals surface area contributed by atoms with E-state index in [0.717, 1.165) is 51.4 Å². The van der Waals surface area contributed by atoms with Crippen molar-refractivity contribution >= 4 is 9.73 Å². The van der Waals surface area contributed by atoms with Gasteiger partial charge in [0.15, 0.2) is 6.29 Å². The Hall–Kier alpha value is -0.410. The van der Waals surface area contributed by atoms with Crippen LogP contribution in [0.4, 0.5) is 0 Å². The number of ether oxygens (including phenoxy) is 2. The van der Waals surface area contributed by atoms with Crippen LogP contribution in [0.15, 0.2) is 4.36 Å². The highest BCUT2D eigenvalue weighted by Crippen LogP contribution is 2.24. The molecule has 0 bridgehead atoms. The first kappa shape index (κ1) is 46.7. The monoisotopic (exact) mass is 751 g/mol. The highest BCUT2D eigenvalue weighted by molar-refractivity contribution is 7.92. The van der Waals surface area contributed by atoms with Gasteiger partial charge in [-0.3, -0.25) is 4.21 Å². The van der Waals surface area contributed by atoms with Crippen LogP contribution in [0.25, 0.3) is 0 Å². The van der Waals surface area contributed by atoms with E-state index in [9.17, 15) is 34.8 Å². The summed E-state index contributed by atoms with van der Waals surface area (Å²) in [5.41, 5.74) is 0. The number of nitrogens with zero attached hydrogens (tertiary/aromatic N) is 2. The summed E-state index contributed by atoms with van der Waals surface area (Å²) in [4.78, 5) is 2.57. The topological polar surface area (TPSA) is 173 Å². The normalized spacial score (nSPS) is 25.8. The van der Waals surface area contributed by atoms with E-state index in [4.69, 9.17) is 9.47 Å². The molecule has 2 fully saturated rings. The van der Waals surface area contributed by atoms with Gasteiger partial charge < -0.3 is 45.0 Å². The van der Waals surface area contributed by atoms with Crippen molar-refractivity contribution in [2.24, 2.45) is 4.36 Å². The lowest BCUT2D eigenvalue weighted by atomic mass is 9.99. The van der Waals surface area contributed by atoms with Crippen molar-refractivity contribution < 1.29 is 44.3 Å². The van der Waals surface area contributed by atoms with E-state index in [1.54, 1.807) is 6.26 Å². The first-order chi connectivity index (χ1) is 24.6. The molecule has 11 nitrogen and oxygen atoms in total. The summed E-state index contributed by atoms with van der Waals surface area (Å²) in [6.45, 7) is 5.06. The fourth-order valence-electron chi connectivity index (χ4n) is 7.32. The summed E-state index contributed by atoms with van der Waals surface area (Å²) in [5.74, 6) is 0.362. The van der Waals surface area contributed by atoms with E-state index in [1.807, 2.05) is 0 Å². The summed E-state index contributed by atoms with van der Waals surface area (Å²) < 4.78 is 29.3. The Morgan fingerprint density at radius 3 is 1.80 bits per heavy atom. The van der Waals surface area contributed by atoms with E-state index >= 15 is 0 Å². The van der Waals surface area contributed by atoms with Gasteiger partial charge in [0.25, 0.3) is 0 Å². The van der Waals surface area contributed by atoms with Gasteiger partial charge in [-0.2, -0.15) is 0 Å². The number of aliphatic hydroxyl groups excluding tert-OH is 6. The maximum atomic E-state index is 13.6. The first-order valence-electron chi connectivity index (χ1n) is 20.8. The highest BCUT2D eigenvalue weighted by atomic mass is 32.2. The lowest BCUT2D eigenvalue weighted by Crippen LogP contribution is -2.59. The molecule has 2 heterocycles. The van der Waals surface area contributed by atoms with Gasteiger partial charge in [-0.25, -0.2) is 4.36 Å². The summed E-state index contributed by atoms with van der Waals surface area (Å²) in [7, 11) is -2.73. The summed E-state index contributed by atoms with van der Waals surface area (Å²) >= 11 is 0. The molecule has 0 aliphatic carbocycles. The molecule has 2 saturated heterocycles. The molecular formula is C39H78N2O9S. The fourth-order valence-corrected chi connectivity index (χ4v) is 8.93. The Kier molecular flexibility index (Phi) is 25.7. The third-order valence-corrected chi connectivity index (χ3v) is 12.5. The second-order valence-electron chi connectivity index (χ2n) is 15.5. The van der Waals surface area contributed by atoms with Crippen molar-refractivity contribution in [2.45, 2.75) is 204 Å². The zero-order valence-electron chi connectivity index (χ0n) is 32.3. The second kappa shape index (κ2) is 28.1. The molecule has 6 N–H and O–H groups in total. The van der Waals surface area contributed by atoms with Crippen molar-refractivity contribution in [1.29, 1.82) is 0 Å². The molecule has 9 atom stereocenters. The molecule has 0 aromatic rings. The zero-order chi connectivity index (χ0) is 37.3. The SMILES string of the molecule is CCCCCCCCCCCCCC[C@@H](O)[C@@H](O)[C@H](COC1OC(CO)C(O)C(O)C1O)N=S(C)(=O)CCCCCCCCCCN1CCCC1. The Bertz CT molecular complexity index is 961. The van der Waals surface area contributed by atoms with Gasteiger partial charge in [-0.15, -0.1) is 0 Å². The van der Waals surface area contributed by atoms with Crippen LogP contribution in [0.2, 0.25) is 0 Å². The van der Waals surface area contributed by atoms with Crippen molar-refractivity contribution in [1.82, 2.24) is 4.90 Å². The van der Waals surface area contributed by atoms with Crippen LogP contribution in [0.5, 0.6) is 0 Å². The number of hydrogen-bond acceptors (Lipinski definition) is 11. The Morgan fingerprint density at radius 2 is 1.25 bits per heavy atom. The number of hydrogen-bond donors (Lipinski definition) is 6. The highest BCUT2D eigenvalue weighted by Gasteiger charge is 2.44. The minimum atomic E-state index is -2.73. The van der Waals surface area contributed by atoms with Crippen molar-refractivity contribution in [3.8, 4) is 0 Å². The average molecular weight is 751 g/mol. The summed E-state index contributed by atoms with van der Waals surface area (Å²) in [6, 6.07) is -1.07. The molecule has 0 spiro atoms. The Balaban J connectivity index is 1.80. The van der Waals surface area contributed by atoms with Crippen LogP contribution in [0.1, 0.15) is 155 Å². The van der Waals surface area contributed by atoms with E-state index in [0.29, 0.717) is 12.2 Å². The predicted molar refractivity (Wildman–Crippen MR) is 205 cm³/mol. The number of aliphatic hydroxyl groups is 6. The molecule has 2 aliphatic heterocycles. The third kappa shape index (κ3) is 20.2. The van der Waals surface area contributed by atoms with Crippen LogP contribution in [0.3, 0.4) is 0 Å². The molecule has 51 heavy (non-hydrogen) atoms. The van der Waals surface area contributed by atoms with Crippen LogP contribution >= 0.6 is 0 Å². The number of likely N-dealkylation sites (tertiary alicyclic amines) is 1. The summed E-state index contributed by atoms with van der Waals surface area (Å²) in [5, 5.41) is 62.4. The van der Waals surface area contributed by atoms with Gasteiger partial charge in [0.05, 0.1) is 19.3 Å². The average Bonchev–Trinajstić information content (AvgIpc) is 3.64. The smallest absolute Gasteiger partial charge is 0.186 e. The minimum Gasteiger partial charge on any atom is -0.394 e. The van der Waals surface area contributed by atoms with E-state index in [1.165, 1.54) is 110 Å². The molecule has 0 amide bonds. The van der Waals surface area contributed by atoms with E-state index in [-0.39, 0.29) is 6.61 Å². The van der Waals surface area contributed by atoms with Crippen molar-refractivity contribution in [3.63, 3.8) is 0 Å². The first-order valence-corrected chi connectivity index (χ1v) is 22.9. The van der Waals surface area contributed by atoms with E-state index < -0.39 is 65.3 Å². The molecule has 0 aromatic carbocycles. The lowest BCUT2D eigenvalue weighted by Gasteiger charge is -2.40. The summed E-state index contributed by atoms with van der Waals surface area (Å²) in [6.07, 6.45) is 18.1. The molecule has 6 unspecified atom stereocenters.